The van der Waals surface area contributed by atoms with Crippen molar-refractivity contribution in [2.75, 3.05) is 18.5 Å². The van der Waals surface area contributed by atoms with Crippen LogP contribution in [0.1, 0.15) is 29.5 Å². The zero-order valence-corrected chi connectivity index (χ0v) is 17.6. The van der Waals surface area contributed by atoms with E-state index >= 15 is 0 Å². The number of aromatic nitrogens is 1. The molecular formula is C25H28N2O3. The second-order valence-corrected chi connectivity index (χ2v) is 8.25. The van der Waals surface area contributed by atoms with Crippen LogP contribution >= 0.6 is 0 Å². The molecule has 1 aromatic heterocycles. The fourth-order valence-electron chi connectivity index (χ4n) is 4.14. The fourth-order valence-corrected chi connectivity index (χ4v) is 4.14. The Morgan fingerprint density at radius 2 is 1.90 bits per heavy atom. The molecular weight excluding hydrogens is 376 g/mol. The molecule has 0 unspecified atom stereocenters. The summed E-state index contributed by atoms with van der Waals surface area (Å²) in [6, 6.07) is 13.6. The maximum absolute atomic E-state index is 13.0. The van der Waals surface area contributed by atoms with E-state index in [2.05, 4.69) is 5.32 Å². The molecule has 5 nitrogen and oxygen atoms in total. The van der Waals surface area contributed by atoms with Crippen molar-refractivity contribution in [1.29, 1.82) is 0 Å². The van der Waals surface area contributed by atoms with Crippen LogP contribution in [0.4, 0.5) is 5.69 Å². The molecule has 0 saturated carbocycles. The number of carbonyl (C=O) groups is 1. The van der Waals surface area contributed by atoms with Gasteiger partial charge in [0.1, 0.15) is 0 Å². The highest BCUT2D eigenvalue weighted by Crippen LogP contribution is 2.23. The highest BCUT2D eigenvalue weighted by Gasteiger charge is 2.16. The first-order chi connectivity index (χ1) is 14.5. The molecule has 0 atom stereocenters. The van der Waals surface area contributed by atoms with Crippen LogP contribution < -0.4 is 10.9 Å². The molecule has 1 aliphatic heterocycles. The van der Waals surface area contributed by atoms with Gasteiger partial charge in [-0.1, -0.05) is 29.8 Å². The van der Waals surface area contributed by atoms with Gasteiger partial charge in [0.2, 0.25) is 5.91 Å². The number of carbonyl (C=O) groups excluding carboxylic acids is 1. The third-order valence-corrected chi connectivity index (χ3v) is 5.94. The summed E-state index contributed by atoms with van der Waals surface area (Å²) in [5.41, 5.74) is 3.93. The van der Waals surface area contributed by atoms with Crippen LogP contribution in [0.2, 0.25) is 0 Å². The standard InChI is InChI=1S/C25H28N2O3/c1-17-6-7-18(2)20(14-17)15-24(28)26-23-5-3-4-22-21(23)8-11-27(25(22)29)16-19-9-12-30-13-10-19/h3-8,11,14,19H,9-10,12-13,15-16H2,1-2H3,(H,26,28). The summed E-state index contributed by atoms with van der Waals surface area (Å²) in [5.74, 6) is 0.386. The number of rotatable bonds is 5. The van der Waals surface area contributed by atoms with Crippen molar-refractivity contribution in [2.24, 2.45) is 5.92 Å². The minimum absolute atomic E-state index is 0.00961. The number of hydrogen-bond acceptors (Lipinski definition) is 3. The second-order valence-electron chi connectivity index (χ2n) is 8.25. The summed E-state index contributed by atoms with van der Waals surface area (Å²) >= 11 is 0. The number of hydrogen-bond donors (Lipinski definition) is 1. The lowest BCUT2D eigenvalue weighted by atomic mass is 10.00. The normalized spacial score (nSPS) is 14.7. The number of anilines is 1. The highest BCUT2D eigenvalue weighted by atomic mass is 16.5. The summed E-state index contributed by atoms with van der Waals surface area (Å²) in [7, 11) is 0. The number of ether oxygens (including phenoxy) is 1. The average Bonchev–Trinajstić information content (AvgIpc) is 2.74. The third kappa shape index (κ3) is 4.46. The molecule has 0 spiro atoms. The number of benzene rings is 2. The number of fused-ring (bicyclic) bond motifs is 1. The van der Waals surface area contributed by atoms with E-state index in [9.17, 15) is 9.59 Å². The van der Waals surface area contributed by atoms with Gasteiger partial charge in [0.25, 0.3) is 5.56 Å². The molecule has 1 fully saturated rings. The SMILES string of the molecule is Cc1ccc(C)c(CC(=O)Nc2cccc3c(=O)n(CC4CCOCC4)ccc23)c1. The van der Waals surface area contributed by atoms with E-state index in [0.29, 0.717) is 30.0 Å². The Labute approximate surface area is 176 Å². The van der Waals surface area contributed by atoms with Gasteiger partial charge in [-0.15, -0.1) is 0 Å². The van der Waals surface area contributed by atoms with Gasteiger partial charge < -0.3 is 14.6 Å². The van der Waals surface area contributed by atoms with Crippen molar-refractivity contribution in [3.63, 3.8) is 0 Å². The number of amides is 1. The smallest absolute Gasteiger partial charge is 0.258 e. The number of pyridine rings is 1. The van der Waals surface area contributed by atoms with Crippen LogP contribution in [0, 0.1) is 19.8 Å². The highest BCUT2D eigenvalue weighted by molar-refractivity contribution is 6.02. The first-order valence-corrected chi connectivity index (χ1v) is 10.6. The van der Waals surface area contributed by atoms with Crippen LogP contribution in [0.3, 0.4) is 0 Å². The van der Waals surface area contributed by atoms with E-state index in [1.54, 1.807) is 4.57 Å². The molecule has 2 aromatic carbocycles. The van der Waals surface area contributed by atoms with Crippen LogP contribution in [0.15, 0.2) is 53.5 Å². The molecule has 3 aromatic rings. The summed E-state index contributed by atoms with van der Waals surface area (Å²) < 4.78 is 7.21. The molecule has 0 bridgehead atoms. The van der Waals surface area contributed by atoms with Crippen LogP contribution in [0.25, 0.3) is 10.8 Å². The maximum Gasteiger partial charge on any atom is 0.258 e. The molecule has 0 radical (unpaired) electrons. The minimum Gasteiger partial charge on any atom is -0.381 e. The van der Waals surface area contributed by atoms with E-state index in [-0.39, 0.29) is 11.5 Å². The quantitative estimate of drug-likeness (QED) is 0.692. The average molecular weight is 405 g/mol. The Bertz CT molecular complexity index is 1130. The predicted molar refractivity (Wildman–Crippen MR) is 120 cm³/mol. The van der Waals surface area contributed by atoms with Crippen molar-refractivity contribution in [3.8, 4) is 0 Å². The molecule has 30 heavy (non-hydrogen) atoms. The fraction of sp³-hybridized carbons (Fsp3) is 0.360. The maximum atomic E-state index is 13.0. The molecule has 1 aliphatic rings. The number of nitrogens with zero attached hydrogens (tertiary/aromatic N) is 1. The van der Waals surface area contributed by atoms with Gasteiger partial charge in [0, 0.05) is 42.4 Å². The van der Waals surface area contributed by atoms with Gasteiger partial charge >= 0.3 is 0 Å². The van der Waals surface area contributed by atoms with Gasteiger partial charge in [-0.25, -0.2) is 0 Å². The van der Waals surface area contributed by atoms with Gasteiger partial charge in [-0.2, -0.15) is 0 Å². The Balaban J connectivity index is 1.56. The largest absolute Gasteiger partial charge is 0.381 e. The van der Waals surface area contributed by atoms with E-state index in [1.165, 1.54) is 0 Å². The van der Waals surface area contributed by atoms with Gasteiger partial charge in [0.15, 0.2) is 0 Å². The van der Waals surface area contributed by atoms with E-state index < -0.39 is 0 Å². The van der Waals surface area contributed by atoms with Crippen LogP contribution in [0.5, 0.6) is 0 Å². The zero-order valence-electron chi connectivity index (χ0n) is 17.6. The Morgan fingerprint density at radius 1 is 1.10 bits per heavy atom. The predicted octanol–water partition coefficient (Wildman–Crippen LogP) is 4.23. The summed E-state index contributed by atoms with van der Waals surface area (Å²) in [5, 5.41) is 4.42. The molecule has 4 rings (SSSR count). The molecule has 0 aliphatic carbocycles. The molecule has 5 heteroatoms. The second kappa shape index (κ2) is 8.84. The number of nitrogens with one attached hydrogen (secondary N) is 1. The van der Waals surface area contributed by atoms with Crippen molar-refractivity contribution < 1.29 is 9.53 Å². The van der Waals surface area contributed by atoms with E-state index in [1.807, 2.05) is 62.5 Å². The lowest BCUT2D eigenvalue weighted by Gasteiger charge is -2.23. The molecule has 1 saturated heterocycles. The number of aryl methyl sites for hydroxylation is 2. The van der Waals surface area contributed by atoms with Crippen LogP contribution in [-0.4, -0.2) is 23.7 Å². The van der Waals surface area contributed by atoms with Crippen LogP contribution in [-0.2, 0) is 22.5 Å². The summed E-state index contributed by atoms with van der Waals surface area (Å²) in [6.07, 6.45) is 4.13. The summed E-state index contributed by atoms with van der Waals surface area (Å²) in [6.45, 7) is 6.28. The van der Waals surface area contributed by atoms with Crippen molar-refractivity contribution >= 4 is 22.4 Å². The van der Waals surface area contributed by atoms with E-state index in [4.69, 9.17) is 4.74 Å². The lowest BCUT2D eigenvalue weighted by Crippen LogP contribution is -2.27. The first-order valence-electron chi connectivity index (χ1n) is 10.6. The van der Waals surface area contributed by atoms with Gasteiger partial charge in [-0.05, 0) is 61.9 Å². The Kier molecular flexibility index (Phi) is 6.00. The lowest BCUT2D eigenvalue weighted by molar-refractivity contribution is -0.115. The van der Waals surface area contributed by atoms with Crippen molar-refractivity contribution in [1.82, 2.24) is 4.57 Å². The van der Waals surface area contributed by atoms with Crippen molar-refractivity contribution in [3.05, 3.63) is 75.7 Å². The third-order valence-electron chi connectivity index (χ3n) is 5.94. The Morgan fingerprint density at radius 3 is 2.70 bits per heavy atom. The first kappa shape index (κ1) is 20.4. The van der Waals surface area contributed by atoms with Gasteiger partial charge in [0.05, 0.1) is 6.42 Å². The minimum atomic E-state index is -0.0809. The monoisotopic (exact) mass is 404 g/mol. The van der Waals surface area contributed by atoms with Gasteiger partial charge in [-0.3, -0.25) is 9.59 Å². The Hall–Kier alpha value is -2.92. The van der Waals surface area contributed by atoms with E-state index in [0.717, 1.165) is 48.1 Å². The molecule has 1 N–H and O–H groups in total. The van der Waals surface area contributed by atoms with Crippen molar-refractivity contribution in [2.45, 2.75) is 39.7 Å². The molecule has 2 heterocycles. The zero-order chi connectivity index (χ0) is 21.1. The molecule has 1 amide bonds. The summed E-state index contributed by atoms with van der Waals surface area (Å²) in [4.78, 5) is 25.7. The molecule has 156 valence electrons. The topological polar surface area (TPSA) is 60.3 Å².